The predicted octanol–water partition coefficient (Wildman–Crippen LogP) is 3.59. The van der Waals surface area contributed by atoms with Crippen LogP contribution in [0.15, 0.2) is 29.9 Å². The third-order valence-electron chi connectivity index (χ3n) is 6.89. The highest BCUT2D eigenvalue weighted by Crippen LogP contribution is 2.28. The minimum absolute atomic E-state index is 0.0102. The molecular formula is C24H30N10OS2. The lowest BCUT2D eigenvalue weighted by Crippen LogP contribution is -2.48. The molecule has 1 amide bonds. The highest BCUT2D eigenvalue weighted by molar-refractivity contribution is 8.14. The normalized spacial score (nSPS) is 18.1. The summed E-state index contributed by atoms with van der Waals surface area (Å²) in [7, 11) is 0. The van der Waals surface area contributed by atoms with E-state index in [1.54, 1.807) is 12.4 Å². The smallest absolute Gasteiger partial charge is 0.302 e. The van der Waals surface area contributed by atoms with Crippen LogP contribution in [0, 0.1) is 0 Å². The van der Waals surface area contributed by atoms with E-state index in [4.69, 9.17) is 15.0 Å². The van der Waals surface area contributed by atoms with E-state index in [2.05, 4.69) is 29.4 Å². The van der Waals surface area contributed by atoms with Gasteiger partial charge in [-0.1, -0.05) is 0 Å². The van der Waals surface area contributed by atoms with E-state index in [9.17, 15) is 4.79 Å². The summed E-state index contributed by atoms with van der Waals surface area (Å²) in [6.45, 7) is 6.62. The Labute approximate surface area is 224 Å². The van der Waals surface area contributed by atoms with Gasteiger partial charge >= 0.3 is 5.24 Å². The maximum absolute atomic E-state index is 12.9. The van der Waals surface area contributed by atoms with Crippen molar-refractivity contribution >= 4 is 51.5 Å². The maximum Gasteiger partial charge on any atom is 0.302 e. The number of hydrogen-bond acceptors (Lipinski definition) is 12. The van der Waals surface area contributed by atoms with Gasteiger partial charge in [0.2, 0.25) is 17.8 Å². The van der Waals surface area contributed by atoms with Gasteiger partial charge in [-0.05, 0) is 37.8 Å². The van der Waals surface area contributed by atoms with Crippen LogP contribution in [0.5, 0.6) is 0 Å². The maximum atomic E-state index is 12.9. The van der Waals surface area contributed by atoms with Crippen molar-refractivity contribution in [2.24, 2.45) is 0 Å². The van der Waals surface area contributed by atoms with Crippen molar-refractivity contribution in [3.63, 3.8) is 0 Å². The van der Waals surface area contributed by atoms with Crippen molar-refractivity contribution < 1.29 is 4.79 Å². The second-order valence-electron chi connectivity index (χ2n) is 9.35. The number of piperazine rings is 1. The highest BCUT2D eigenvalue weighted by atomic mass is 32.2. The van der Waals surface area contributed by atoms with Gasteiger partial charge in [0, 0.05) is 87.6 Å². The van der Waals surface area contributed by atoms with E-state index in [0.29, 0.717) is 31.3 Å². The molecule has 3 fully saturated rings. The summed E-state index contributed by atoms with van der Waals surface area (Å²) < 4.78 is 3.11. The number of carbonyl (C=O) groups is 1. The minimum Gasteiger partial charge on any atom is -0.341 e. The number of anilines is 4. The number of pyridine rings is 1. The quantitative estimate of drug-likeness (QED) is 0.465. The molecule has 3 aromatic heterocycles. The van der Waals surface area contributed by atoms with E-state index in [-0.39, 0.29) is 5.24 Å². The molecular weight excluding hydrogens is 508 g/mol. The standard InChI is InChI=1S/C24H30N10OS2/c35-24(37-30-23-26-19(17-36-23)18-6-5-7-25-16-18)34-14-12-33(13-15-34)22-28-20(31-8-1-2-9-31)27-21(29-22)32-10-3-4-11-32/h5-7,16-17H,1-4,8-15H2,(H,26,30). The lowest BCUT2D eigenvalue weighted by Gasteiger charge is -2.35. The summed E-state index contributed by atoms with van der Waals surface area (Å²) in [5.74, 6) is 2.30. The zero-order chi connectivity index (χ0) is 25.0. The van der Waals surface area contributed by atoms with E-state index in [0.717, 1.165) is 67.2 Å². The third kappa shape index (κ3) is 5.57. The van der Waals surface area contributed by atoms with Crippen LogP contribution >= 0.6 is 23.3 Å². The molecule has 3 aliphatic heterocycles. The molecule has 3 aromatic rings. The fraction of sp³-hybridized carbons (Fsp3) is 0.500. The number of hydrogen-bond donors (Lipinski definition) is 1. The Kier molecular flexibility index (Phi) is 7.22. The fourth-order valence-corrected chi connectivity index (χ4v) is 6.22. The zero-order valence-electron chi connectivity index (χ0n) is 20.6. The number of nitrogens with zero attached hydrogens (tertiary/aromatic N) is 9. The van der Waals surface area contributed by atoms with Gasteiger partial charge in [-0.25, -0.2) is 4.98 Å². The number of amides is 1. The lowest BCUT2D eigenvalue weighted by atomic mass is 10.2. The van der Waals surface area contributed by atoms with Gasteiger partial charge in [0.1, 0.15) is 0 Å². The molecule has 0 aliphatic carbocycles. The van der Waals surface area contributed by atoms with Crippen LogP contribution in [-0.4, -0.2) is 87.4 Å². The number of aromatic nitrogens is 5. The monoisotopic (exact) mass is 538 g/mol. The first-order valence-electron chi connectivity index (χ1n) is 12.8. The molecule has 0 atom stereocenters. The van der Waals surface area contributed by atoms with Crippen molar-refractivity contribution in [1.82, 2.24) is 29.8 Å². The van der Waals surface area contributed by atoms with E-state index < -0.39 is 0 Å². The van der Waals surface area contributed by atoms with Gasteiger partial charge in [0.15, 0.2) is 5.13 Å². The van der Waals surface area contributed by atoms with E-state index >= 15 is 0 Å². The summed E-state index contributed by atoms with van der Waals surface area (Å²) in [4.78, 5) is 44.7. The van der Waals surface area contributed by atoms with Crippen LogP contribution in [-0.2, 0) is 0 Å². The van der Waals surface area contributed by atoms with Crippen LogP contribution in [0.3, 0.4) is 0 Å². The largest absolute Gasteiger partial charge is 0.341 e. The minimum atomic E-state index is -0.0102. The molecule has 1 N–H and O–H groups in total. The summed E-state index contributed by atoms with van der Waals surface area (Å²) in [5, 5.41) is 2.65. The molecule has 6 heterocycles. The van der Waals surface area contributed by atoms with Gasteiger partial charge in [-0.2, -0.15) is 15.0 Å². The second-order valence-corrected chi connectivity index (χ2v) is 11.0. The van der Waals surface area contributed by atoms with Gasteiger partial charge in [0.25, 0.3) is 0 Å². The molecule has 0 spiro atoms. The Morgan fingerprint density at radius 1 is 0.811 bits per heavy atom. The molecule has 3 saturated heterocycles. The number of nitrogens with one attached hydrogen (secondary N) is 1. The fourth-order valence-electron chi connectivity index (χ4n) is 4.81. The van der Waals surface area contributed by atoms with E-state index in [1.165, 1.54) is 37.0 Å². The number of rotatable bonds is 6. The SMILES string of the molecule is O=C(SNc1nc(-c2cccnc2)cs1)N1CCN(c2nc(N3CCCC3)nc(N3CCCC3)n2)CC1. The van der Waals surface area contributed by atoms with Crippen LogP contribution < -0.4 is 19.4 Å². The third-order valence-corrected chi connectivity index (χ3v) is 8.50. The molecule has 0 saturated carbocycles. The van der Waals surface area contributed by atoms with Crippen molar-refractivity contribution in [2.75, 3.05) is 71.8 Å². The zero-order valence-corrected chi connectivity index (χ0v) is 22.3. The average molecular weight is 539 g/mol. The summed E-state index contributed by atoms with van der Waals surface area (Å²) in [5.41, 5.74) is 1.81. The molecule has 0 aromatic carbocycles. The molecule has 0 unspecified atom stereocenters. The molecule has 3 aliphatic rings. The van der Waals surface area contributed by atoms with Crippen molar-refractivity contribution in [2.45, 2.75) is 25.7 Å². The van der Waals surface area contributed by atoms with Crippen LogP contribution in [0.1, 0.15) is 25.7 Å². The molecule has 11 nitrogen and oxygen atoms in total. The summed E-state index contributed by atoms with van der Waals surface area (Å²) in [6, 6.07) is 3.86. The van der Waals surface area contributed by atoms with Gasteiger partial charge < -0.3 is 19.6 Å². The molecule has 6 rings (SSSR count). The molecule has 194 valence electrons. The molecule has 0 bridgehead atoms. The van der Waals surface area contributed by atoms with Gasteiger partial charge in [-0.15, -0.1) is 11.3 Å². The Morgan fingerprint density at radius 2 is 1.41 bits per heavy atom. The number of thiazole rings is 1. The average Bonchev–Trinajstić information content (AvgIpc) is 3.75. The van der Waals surface area contributed by atoms with Gasteiger partial charge in [0.05, 0.1) is 5.69 Å². The molecule has 37 heavy (non-hydrogen) atoms. The van der Waals surface area contributed by atoms with Crippen molar-refractivity contribution in [3.05, 3.63) is 29.9 Å². The first-order chi connectivity index (χ1) is 18.2. The van der Waals surface area contributed by atoms with Crippen LogP contribution in [0.2, 0.25) is 0 Å². The summed E-state index contributed by atoms with van der Waals surface area (Å²) in [6.07, 6.45) is 8.24. The topological polar surface area (TPSA) is 107 Å². The first kappa shape index (κ1) is 24.2. The number of carbonyl (C=O) groups excluding carboxylic acids is 1. The Balaban J connectivity index is 1.06. The second kappa shape index (κ2) is 11.1. The highest BCUT2D eigenvalue weighted by Gasteiger charge is 2.27. The van der Waals surface area contributed by atoms with Crippen LogP contribution in [0.25, 0.3) is 11.3 Å². The summed E-state index contributed by atoms with van der Waals surface area (Å²) >= 11 is 2.55. The Hall–Kier alpha value is -3.19. The molecule has 0 radical (unpaired) electrons. The Morgan fingerprint density at radius 3 is 1.97 bits per heavy atom. The van der Waals surface area contributed by atoms with E-state index in [1.807, 2.05) is 22.4 Å². The Bertz CT molecular complexity index is 1170. The molecule has 13 heteroatoms. The van der Waals surface area contributed by atoms with Gasteiger partial charge in [-0.3, -0.25) is 14.5 Å². The van der Waals surface area contributed by atoms with Crippen molar-refractivity contribution in [1.29, 1.82) is 0 Å². The first-order valence-corrected chi connectivity index (χ1v) is 14.5. The lowest BCUT2D eigenvalue weighted by molar-refractivity contribution is 0.219. The predicted molar refractivity (Wildman–Crippen MR) is 148 cm³/mol. The van der Waals surface area contributed by atoms with Crippen molar-refractivity contribution in [3.8, 4) is 11.3 Å². The van der Waals surface area contributed by atoms with Crippen LogP contribution in [0.4, 0.5) is 27.8 Å².